The van der Waals surface area contributed by atoms with E-state index in [2.05, 4.69) is 25.2 Å². The van der Waals surface area contributed by atoms with Crippen molar-refractivity contribution in [2.75, 3.05) is 12.1 Å². The molecule has 2 aromatic rings. The van der Waals surface area contributed by atoms with E-state index in [-0.39, 0.29) is 12.2 Å². The summed E-state index contributed by atoms with van der Waals surface area (Å²) < 4.78 is 26.2. The maximum atomic E-state index is 13.3. The van der Waals surface area contributed by atoms with Gasteiger partial charge >= 0.3 is 13.5 Å². The quantitative estimate of drug-likeness (QED) is 0.254. The lowest BCUT2D eigenvalue weighted by Crippen LogP contribution is -2.33. The number of nitrogens with one attached hydrogen (secondary N) is 1. The second-order valence-corrected chi connectivity index (χ2v) is 10.1. The summed E-state index contributed by atoms with van der Waals surface area (Å²) in [6.45, 7) is 5.36. The summed E-state index contributed by atoms with van der Waals surface area (Å²) in [5, 5.41) is 15.8. The van der Waals surface area contributed by atoms with Crippen LogP contribution in [0.3, 0.4) is 0 Å². The Morgan fingerprint density at radius 1 is 1.38 bits per heavy atom. The number of aromatic nitrogens is 4. The lowest BCUT2D eigenvalue weighted by molar-refractivity contribution is -0.138. The molecule has 1 fully saturated rings. The average molecular weight is 467 g/mol. The summed E-state index contributed by atoms with van der Waals surface area (Å²) in [5.74, 6) is -0.577. The van der Waals surface area contributed by atoms with Gasteiger partial charge in [0.15, 0.2) is 11.5 Å². The number of carbonyl (C=O) groups is 1. The largest absolute Gasteiger partial charge is 0.480 e. The van der Waals surface area contributed by atoms with E-state index in [4.69, 9.17) is 15.1 Å². The number of imidazole rings is 1. The van der Waals surface area contributed by atoms with Crippen molar-refractivity contribution in [3.8, 4) is 0 Å². The molecule has 0 aliphatic heterocycles. The average Bonchev–Trinajstić information content (AvgIpc) is 3.42. The van der Waals surface area contributed by atoms with E-state index < -0.39 is 25.6 Å². The van der Waals surface area contributed by atoms with Crippen LogP contribution >= 0.6 is 7.52 Å². The summed E-state index contributed by atoms with van der Waals surface area (Å²) >= 11 is 0. The summed E-state index contributed by atoms with van der Waals surface area (Å²) in [6, 6.07) is -1.10. The zero-order valence-electron chi connectivity index (χ0n) is 18.5. The third-order valence-corrected chi connectivity index (χ3v) is 7.05. The smallest absolute Gasteiger partial charge is 0.364 e. The molecule has 0 amide bonds. The minimum absolute atomic E-state index is 0.280. The minimum Gasteiger partial charge on any atom is -0.480 e. The number of nitrogens with zero attached hydrogens (tertiary/aromatic N) is 5. The summed E-state index contributed by atoms with van der Waals surface area (Å²) in [6.07, 6.45) is 6.45. The number of aliphatic carboxylic acids is 1. The van der Waals surface area contributed by atoms with Crippen LogP contribution in [0, 0.1) is 5.92 Å². The molecule has 12 nitrogen and oxygen atoms in total. The molecule has 13 heteroatoms. The maximum Gasteiger partial charge on any atom is 0.364 e. The Morgan fingerprint density at radius 2 is 2.09 bits per heavy atom. The topological polar surface area (TPSA) is 167 Å². The van der Waals surface area contributed by atoms with E-state index in [0.717, 1.165) is 31.4 Å². The van der Waals surface area contributed by atoms with Crippen molar-refractivity contribution in [3.63, 3.8) is 0 Å². The molecule has 2 aromatic heterocycles. The maximum absolute atomic E-state index is 13.3. The molecule has 3 rings (SSSR count). The molecule has 4 N–H and O–H groups in total. The van der Waals surface area contributed by atoms with E-state index in [1.807, 2.05) is 6.92 Å². The Kier molecular flexibility index (Phi) is 7.81. The van der Waals surface area contributed by atoms with Gasteiger partial charge < -0.3 is 24.8 Å². The highest BCUT2D eigenvalue weighted by Crippen LogP contribution is 2.44. The molecule has 32 heavy (non-hydrogen) atoms. The van der Waals surface area contributed by atoms with Crippen LogP contribution in [0.4, 0.5) is 5.82 Å². The van der Waals surface area contributed by atoms with Gasteiger partial charge in [0, 0.05) is 5.92 Å². The molecule has 0 saturated heterocycles. The molecule has 0 radical (unpaired) electrons. The van der Waals surface area contributed by atoms with Crippen molar-refractivity contribution in [2.24, 2.45) is 11.1 Å². The highest BCUT2D eigenvalue weighted by molar-refractivity contribution is 7.56. The van der Waals surface area contributed by atoms with Gasteiger partial charge in [0.25, 0.3) is 0 Å². The van der Waals surface area contributed by atoms with E-state index in [1.54, 1.807) is 17.8 Å². The van der Waals surface area contributed by atoms with Crippen LogP contribution in [-0.2, 0) is 25.3 Å². The van der Waals surface area contributed by atoms with E-state index in [0.29, 0.717) is 23.6 Å². The molecular formula is C19H30N7O5P. The third kappa shape index (κ3) is 6.02. The van der Waals surface area contributed by atoms with Crippen LogP contribution in [0.1, 0.15) is 46.5 Å². The fourth-order valence-electron chi connectivity index (χ4n) is 3.57. The summed E-state index contributed by atoms with van der Waals surface area (Å²) in [7, 11) is -3.73. The number of oxime groups is 1. The Labute approximate surface area is 186 Å². The molecule has 0 bridgehead atoms. The number of fused-ring (bicyclic) bond motifs is 1. The van der Waals surface area contributed by atoms with Crippen molar-refractivity contribution in [1.29, 1.82) is 0 Å². The zero-order valence-corrected chi connectivity index (χ0v) is 19.4. The summed E-state index contributed by atoms with van der Waals surface area (Å²) in [5.41, 5.74) is 7.61. The monoisotopic (exact) mass is 467 g/mol. The molecule has 0 aromatic carbocycles. The van der Waals surface area contributed by atoms with E-state index in [1.165, 1.54) is 13.3 Å². The van der Waals surface area contributed by atoms with Gasteiger partial charge in [-0.25, -0.2) is 20.0 Å². The number of hydrogen-bond donors (Lipinski definition) is 3. The molecule has 0 spiro atoms. The molecule has 1 unspecified atom stereocenters. The molecule has 3 atom stereocenters. The van der Waals surface area contributed by atoms with Gasteiger partial charge in [-0.2, -0.15) is 0 Å². The van der Waals surface area contributed by atoms with Crippen molar-refractivity contribution in [1.82, 2.24) is 24.6 Å². The molecule has 176 valence electrons. The van der Waals surface area contributed by atoms with Gasteiger partial charge in [0.1, 0.15) is 24.2 Å². The van der Waals surface area contributed by atoms with Gasteiger partial charge in [0.05, 0.1) is 24.7 Å². The number of nitrogens with two attached hydrogens (primary N) is 1. The highest BCUT2D eigenvalue weighted by atomic mass is 31.2. The first kappa shape index (κ1) is 24.1. The Bertz CT molecular complexity index is 1020. The van der Waals surface area contributed by atoms with Crippen LogP contribution in [-0.4, -0.2) is 54.8 Å². The van der Waals surface area contributed by atoms with Gasteiger partial charge in [0.2, 0.25) is 0 Å². The zero-order chi connectivity index (χ0) is 23.3. The van der Waals surface area contributed by atoms with Crippen molar-refractivity contribution >= 4 is 36.2 Å². The SMILES string of the molecule is C/C(=N\OP(=O)(CO[C@@H](C)Cn1cnc2c(N)ncnc21)N[C@@H](C)C(=O)O)C1CCCC1. The van der Waals surface area contributed by atoms with Crippen LogP contribution in [0.25, 0.3) is 11.2 Å². The van der Waals surface area contributed by atoms with Crippen LogP contribution < -0.4 is 10.8 Å². The Balaban J connectivity index is 1.66. The number of ether oxygens (including phenoxy) is 1. The van der Waals surface area contributed by atoms with E-state index >= 15 is 0 Å². The molecular weight excluding hydrogens is 437 g/mol. The second kappa shape index (κ2) is 10.4. The fourth-order valence-corrected chi connectivity index (χ4v) is 5.15. The van der Waals surface area contributed by atoms with Crippen molar-refractivity contribution in [3.05, 3.63) is 12.7 Å². The molecule has 1 saturated carbocycles. The predicted molar refractivity (Wildman–Crippen MR) is 119 cm³/mol. The first-order chi connectivity index (χ1) is 15.2. The predicted octanol–water partition coefficient (Wildman–Crippen LogP) is 2.61. The standard InChI is InChI=1S/C19H30N7O5P/c1-12(8-26-10-23-16-17(20)21-9-22-18(16)26)30-11-32(29,25-14(3)19(27)28)31-24-13(2)15-6-4-5-7-15/h9-10,12,14-15H,4-8,11H2,1-3H3,(H,25,29)(H,27,28)(H2,20,21,22)/b24-13+/t12-,14-,32?/m0/s1. The van der Waals surface area contributed by atoms with E-state index in [9.17, 15) is 14.5 Å². The van der Waals surface area contributed by atoms with Gasteiger partial charge in [-0.1, -0.05) is 18.0 Å². The fraction of sp³-hybridized carbons (Fsp3) is 0.632. The first-order valence-electron chi connectivity index (χ1n) is 10.5. The lowest BCUT2D eigenvalue weighted by Gasteiger charge is -2.22. The lowest BCUT2D eigenvalue weighted by atomic mass is 10.0. The minimum atomic E-state index is -3.73. The highest BCUT2D eigenvalue weighted by Gasteiger charge is 2.31. The normalized spacial score (nSPS) is 19.0. The molecule has 1 aliphatic rings. The molecule has 1 aliphatic carbocycles. The molecule has 2 heterocycles. The number of hydrogen-bond acceptors (Lipinski definition) is 9. The number of nitrogen functional groups attached to an aromatic ring is 1. The van der Waals surface area contributed by atoms with Crippen LogP contribution in [0.15, 0.2) is 17.8 Å². The first-order valence-corrected chi connectivity index (χ1v) is 12.4. The van der Waals surface area contributed by atoms with Gasteiger partial charge in [-0.05, 0) is 33.6 Å². The van der Waals surface area contributed by atoms with Crippen molar-refractivity contribution in [2.45, 2.75) is 65.1 Å². The number of carboxylic acids is 1. The van der Waals surface area contributed by atoms with Crippen molar-refractivity contribution < 1.29 is 23.8 Å². The number of rotatable bonds is 11. The van der Waals surface area contributed by atoms with Crippen LogP contribution in [0.5, 0.6) is 0 Å². The summed E-state index contributed by atoms with van der Waals surface area (Å²) in [4.78, 5) is 23.6. The van der Waals surface area contributed by atoms with Crippen LogP contribution in [0.2, 0.25) is 0 Å². The Hall–Kier alpha value is -2.56. The number of anilines is 1. The number of carboxylic acid groups (broad SMARTS) is 1. The third-order valence-electron chi connectivity index (χ3n) is 5.44. The Morgan fingerprint density at radius 3 is 2.78 bits per heavy atom. The second-order valence-electron chi connectivity index (χ2n) is 8.09. The van der Waals surface area contributed by atoms with Gasteiger partial charge in [-0.3, -0.25) is 9.36 Å². The van der Waals surface area contributed by atoms with Gasteiger partial charge in [-0.15, -0.1) is 0 Å².